The first kappa shape index (κ1) is 20.7. The van der Waals surface area contributed by atoms with E-state index in [4.69, 9.17) is 4.74 Å². The molecule has 1 aromatic rings. The summed E-state index contributed by atoms with van der Waals surface area (Å²) in [6.07, 6.45) is 3.17. The lowest BCUT2D eigenvalue weighted by Gasteiger charge is -2.31. The monoisotopic (exact) mass is 422 g/mol. The summed E-state index contributed by atoms with van der Waals surface area (Å²) in [5.41, 5.74) is 8.19. The number of benzene rings is 1. The van der Waals surface area contributed by atoms with Crippen LogP contribution in [0.15, 0.2) is 23.1 Å². The quantitative estimate of drug-likeness (QED) is 0.723. The third-order valence-electron chi connectivity index (χ3n) is 6.18. The largest absolute Gasteiger partial charge is 0.383 e. The normalized spacial score (nSPS) is 27.9. The van der Waals surface area contributed by atoms with Crippen LogP contribution in [0.4, 0.5) is 0 Å². The highest BCUT2D eigenvalue weighted by molar-refractivity contribution is 7.89. The van der Waals surface area contributed by atoms with Crippen molar-refractivity contribution in [3.8, 4) is 0 Å². The molecule has 3 heterocycles. The number of nitrogens with zero attached hydrogens (tertiary/aromatic N) is 2. The Bertz CT molecular complexity index is 875. The van der Waals surface area contributed by atoms with E-state index in [1.54, 1.807) is 23.5 Å². The standard InChI is InChI=1S/C20H30N4O4S/c1-14-10-19(22-21-14)20(25)23-9-7-15-5-6-18(11-16(15)12-23)29(26,27)24-8-3-4-17(24)13-28-2/h5-6,11,14,17,19,21-22H,3-4,7-10,12-13H2,1-2H3. The molecular weight excluding hydrogens is 392 g/mol. The average molecular weight is 423 g/mol. The third kappa shape index (κ3) is 4.06. The topological polar surface area (TPSA) is 91.0 Å². The van der Waals surface area contributed by atoms with Gasteiger partial charge in [-0.25, -0.2) is 13.8 Å². The average Bonchev–Trinajstić information content (AvgIpc) is 3.36. The maximum atomic E-state index is 13.2. The maximum absolute atomic E-state index is 13.2. The Morgan fingerprint density at radius 1 is 1.24 bits per heavy atom. The number of fused-ring (bicyclic) bond motifs is 1. The number of ether oxygens (including phenoxy) is 1. The zero-order chi connectivity index (χ0) is 20.6. The van der Waals surface area contributed by atoms with Crippen molar-refractivity contribution in [3.63, 3.8) is 0 Å². The van der Waals surface area contributed by atoms with Gasteiger partial charge in [-0.05, 0) is 55.9 Å². The van der Waals surface area contributed by atoms with Crippen LogP contribution >= 0.6 is 0 Å². The molecule has 2 N–H and O–H groups in total. The molecule has 3 aliphatic rings. The summed E-state index contributed by atoms with van der Waals surface area (Å²) in [6.45, 7) is 4.08. The van der Waals surface area contributed by atoms with E-state index in [9.17, 15) is 13.2 Å². The van der Waals surface area contributed by atoms with Crippen LogP contribution in [0.3, 0.4) is 0 Å². The van der Waals surface area contributed by atoms with Gasteiger partial charge in [0, 0.05) is 38.8 Å². The van der Waals surface area contributed by atoms with E-state index >= 15 is 0 Å². The van der Waals surface area contributed by atoms with Crippen LogP contribution < -0.4 is 10.9 Å². The molecule has 0 saturated carbocycles. The number of carbonyl (C=O) groups is 1. The Morgan fingerprint density at radius 2 is 2.07 bits per heavy atom. The van der Waals surface area contributed by atoms with Crippen molar-refractivity contribution in [1.82, 2.24) is 20.1 Å². The molecule has 0 aromatic heterocycles. The molecule has 0 radical (unpaired) electrons. The Balaban J connectivity index is 1.53. The molecule has 4 rings (SSSR count). The fourth-order valence-corrected chi connectivity index (χ4v) is 6.33. The van der Waals surface area contributed by atoms with Gasteiger partial charge in [0.25, 0.3) is 0 Å². The lowest BCUT2D eigenvalue weighted by Crippen LogP contribution is -2.47. The van der Waals surface area contributed by atoms with E-state index in [0.717, 1.165) is 36.8 Å². The van der Waals surface area contributed by atoms with Crippen molar-refractivity contribution in [1.29, 1.82) is 0 Å². The van der Waals surface area contributed by atoms with E-state index in [1.807, 2.05) is 17.9 Å². The maximum Gasteiger partial charge on any atom is 0.243 e. The molecule has 3 atom stereocenters. The number of methoxy groups -OCH3 is 1. The van der Waals surface area contributed by atoms with Gasteiger partial charge in [0.1, 0.15) is 6.04 Å². The van der Waals surface area contributed by atoms with Gasteiger partial charge in [0.05, 0.1) is 11.5 Å². The van der Waals surface area contributed by atoms with Gasteiger partial charge < -0.3 is 9.64 Å². The van der Waals surface area contributed by atoms with Crippen LogP contribution in [-0.4, -0.2) is 68.5 Å². The summed E-state index contributed by atoms with van der Waals surface area (Å²) in [6, 6.07) is 5.30. The van der Waals surface area contributed by atoms with E-state index in [-0.39, 0.29) is 24.0 Å². The van der Waals surface area contributed by atoms with Gasteiger partial charge in [-0.3, -0.25) is 10.2 Å². The zero-order valence-corrected chi connectivity index (χ0v) is 17.9. The number of rotatable bonds is 5. The molecule has 3 unspecified atom stereocenters. The molecule has 2 fully saturated rings. The first-order valence-corrected chi connectivity index (χ1v) is 11.8. The second-order valence-electron chi connectivity index (χ2n) is 8.29. The highest BCUT2D eigenvalue weighted by atomic mass is 32.2. The summed E-state index contributed by atoms with van der Waals surface area (Å²) in [7, 11) is -1.98. The highest BCUT2D eigenvalue weighted by Gasteiger charge is 2.36. The molecular formula is C20H30N4O4S. The Morgan fingerprint density at radius 3 is 2.79 bits per heavy atom. The highest BCUT2D eigenvalue weighted by Crippen LogP contribution is 2.29. The first-order valence-electron chi connectivity index (χ1n) is 10.3. The summed E-state index contributed by atoms with van der Waals surface area (Å²) < 4.78 is 33.3. The first-order chi connectivity index (χ1) is 13.9. The molecule has 1 amide bonds. The summed E-state index contributed by atoms with van der Waals surface area (Å²) in [5.74, 6) is 0.0699. The van der Waals surface area contributed by atoms with Crippen LogP contribution in [0, 0.1) is 0 Å². The minimum atomic E-state index is -3.58. The summed E-state index contributed by atoms with van der Waals surface area (Å²) in [5, 5.41) is 0. The molecule has 0 aliphatic carbocycles. The van der Waals surface area contributed by atoms with Crippen LogP contribution in [0.1, 0.15) is 37.3 Å². The minimum Gasteiger partial charge on any atom is -0.383 e. The van der Waals surface area contributed by atoms with Crippen molar-refractivity contribution in [2.24, 2.45) is 0 Å². The molecule has 9 heteroatoms. The second-order valence-corrected chi connectivity index (χ2v) is 10.2. The van der Waals surface area contributed by atoms with Gasteiger partial charge in [-0.15, -0.1) is 0 Å². The predicted molar refractivity (Wildman–Crippen MR) is 108 cm³/mol. The number of hydrazine groups is 1. The Hall–Kier alpha value is -1.52. The fraction of sp³-hybridized carbons (Fsp3) is 0.650. The number of amides is 1. The molecule has 0 spiro atoms. The summed E-state index contributed by atoms with van der Waals surface area (Å²) in [4.78, 5) is 15.0. The molecule has 0 bridgehead atoms. The number of hydrogen-bond donors (Lipinski definition) is 2. The smallest absolute Gasteiger partial charge is 0.243 e. The number of nitrogens with one attached hydrogen (secondary N) is 2. The predicted octanol–water partition coefficient (Wildman–Crippen LogP) is 0.626. The van der Waals surface area contributed by atoms with E-state index in [0.29, 0.717) is 31.1 Å². The molecule has 3 aliphatic heterocycles. The van der Waals surface area contributed by atoms with Crippen molar-refractivity contribution < 1.29 is 17.9 Å². The van der Waals surface area contributed by atoms with Crippen LogP contribution in [0.2, 0.25) is 0 Å². The van der Waals surface area contributed by atoms with Crippen molar-refractivity contribution in [2.45, 2.75) is 62.2 Å². The number of sulfonamides is 1. The van der Waals surface area contributed by atoms with Crippen molar-refractivity contribution in [2.75, 3.05) is 26.8 Å². The molecule has 2 saturated heterocycles. The van der Waals surface area contributed by atoms with Gasteiger partial charge in [0.15, 0.2) is 0 Å². The van der Waals surface area contributed by atoms with Gasteiger partial charge >= 0.3 is 0 Å². The fourth-order valence-electron chi connectivity index (χ4n) is 4.60. The van der Waals surface area contributed by atoms with Crippen LogP contribution in [0.25, 0.3) is 0 Å². The van der Waals surface area contributed by atoms with Gasteiger partial charge in [-0.1, -0.05) is 6.07 Å². The van der Waals surface area contributed by atoms with Gasteiger partial charge in [0.2, 0.25) is 15.9 Å². The van der Waals surface area contributed by atoms with Crippen LogP contribution in [0.5, 0.6) is 0 Å². The molecule has 29 heavy (non-hydrogen) atoms. The van der Waals surface area contributed by atoms with E-state index in [2.05, 4.69) is 10.9 Å². The van der Waals surface area contributed by atoms with Crippen molar-refractivity contribution in [3.05, 3.63) is 29.3 Å². The molecule has 160 valence electrons. The second kappa shape index (κ2) is 8.31. The van der Waals surface area contributed by atoms with E-state index in [1.165, 1.54) is 0 Å². The van der Waals surface area contributed by atoms with Crippen LogP contribution in [-0.2, 0) is 32.5 Å². The lowest BCUT2D eigenvalue weighted by atomic mass is 9.99. The Kier molecular flexibility index (Phi) is 5.94. The number of carbonyl (C=O) groups excluding carboxylic acids is 1. The zero-order valence-electron chi connectivity index (χ0n) is 17.1. The number of hydrogen-bond acceptors (Lipinski definition) is 6. The van der Waals surface area contributed by atoms with Crippen molar-refractivity contribution >= 4 is 15.9 Å². The SMILES string of the molecule is COCC1CCCN1S(=O)(=O)c1ccc2c(c1)CN(C(=O)C1CC(C)NN1)CC2. The lowest BCUT2D eigenvalue weighted by molar-refractivity contribution is -0.134. The van der Waals surface area contributed by atoms with E-state index < -0.39 is 10.0 Å². The summed E-state index contributed by atoms with van der Waals surface area (Å²) >= 11 is 0. The third-order valence-corrected chi connectivity index (χ3v) is 8.13. The molecule has 1 aromatic carbocycles. The Labute approximate surface area is 172 Å². The minimum absolute atomic E-state index is 0.0699. The van der Waals surface area contributed by atoms with Gasteiger partial charge in [-0.2, -0.15) is 4.31 Å². The molecule has 8 nitrogen and oxygen atoms in total.